The molecule has 0 aliphatic carbocycles. The van der Waals surface area contributed by atoms with Crippen LogP contribution < -0.4 is 5.32 Å². The van der Waals surface area contributed by atoms with Crippen molar-refractivity contribution in [2.75, 3.05) is 5.32 Å². The van der Waals surface area contributed by atoms with Crippen LogP contribution in [0.25, 0.3) is 0 Å². The van der Waals surface area contributed by atoms with E-state index in [0.717, 1.165) is 10.0 Å². The molecule has 2 rings (SSSR count). The first-order valence-electron chi connectivity index (χ1n) is 5.53. The Morgan fingerprint density at radius 3 is 2.63 bits per heavy atom. The van der Waals surface area contributed by atoms with Crippen molar-refractivity contribution < 1.29 is 9.90 Å². The van der Waals surface area contributed by atoms with Crippen LogP contribution in [0, 0.1) is 6.92 Å². The minimum Gasteiger partial charge on any atom is -0.508 e. The predicted octanol–water partition coefficient (Wildman–Crippen LogP) is 4.37. The van der Waals surface area contributed by atoms with E-state index >= 15 is 0 Å². The van der Waals surface area contributed by atoms with Gasteiger partial charge in [0, 0.05) is 20.7 Å². The second-order valence-corrected chi connectivity index (χ2v) is 5.46. The molecule has 19 heavy (non-hydrogen) atoms. The SMILES string of the molecule is Cc1cc(O)ccc1NC(=O)c1cc(Cl)cc(Br)c1. The number of nitrogens with one attached hydrogen (secondary N) is 1. The highest BCUT2D eigenvalue weighted by molar-refractivity contribution is 9.10. The van der Waals surface area contributed by atoms with Crippen LogP contribution in [0.3, 0.4) is 0 Å². The van der Waals surface area contributed by atoms with Crippen molar-refractivity contribution in [1.82, 2.24) is 0 Å². The lowest BCUT2D eigenvalue weighted by atomic mass is 10.1. The third-order valence-corrected chi connectivity index (χ3v) is 3.26. The number of carbonyl (C=O) groups excluding carboxylic acids is 1. The van der Waals surface area contributed by atoms with Gasteiger partial charge in [0.2, 0.25) is 0 Å². The van der Waals surface area contributed by atoms with Crippen LogP contribution in [-0.4, -0.2) is 11.0 Å². The molecule has 2 aromatic rings. The monoisotopic (exact) mass is 339 g/mol. The fourth-order valence-corrected chi connectivity index (χ4v) is 2.53. The number of aromatic hydroxyl groups is 1. The largest absolute Gasteiger partial charge is 0.508 e. The third-order valence-electron chi connectivity index (χ3n) is 2.58. The number of halogens is 2. The Hall–Kier alpha value is -1.52. The molecule has 0 bridgehead atoms. The molecule has 0 unspecified atom stereocenters. The molecule has 98 valence electrons. The summed E-state index contributed by atoms with van der Waals surface area (Å²) < 4.78 is 0.743. The summed E-state index contributed by atoms with van der Waals surface area (Å²) in [5.41, 5.74) is 1.90. The van der Waals surface area contributed by atoms with Gasteiger partial charge in [-0.2, -0.15) is 0 Å². The number of anilines is 1. The number of phenols is 1. The molecule has 3 nitrogen and oxygen atoms in total. The summed E-state index contributed by atoms with van der Waals surface area (Å²) in [5, 5.41) is 12.6. The van der Waals surface area contributed by atoms with Gasteiger partial charge in [-0.3, -0.25) is 4.79 Å². The molecule has 0 saturated heterocycles. The van der Waals surface area contributed by atoms with Crippen LogP contribution in [0.15, 0.2) is 40.9 Å². The van der Waals surface area contributed by atoms with Crippen LogP contribution in [0.2, 0.25) is 5.02 Å². The summed E-state index contributed by atoms with van der Waals surface area (Å²) in [6.07, 6.45) is 0. The summed E-state index contributed by atoms with van der Waals surface area (Å²) in [5.74, 6) is -0.0852. The molecule has 0 atom stereocenters. The van der Waals surface area contributed by atoms with Crippen molar-refractivity contribution in [2.45, 2.75) is 6.92 Å². The zero-order valence-corrected chi connectivity index (χ0v) is 12.4. The smallest absolute Gasteiger partial charge is 0.255 e. The summed E-state index contributed by atoms with van der Waals surface area (Å²) in [6, 6.07) is 9.76. The topological polar surface area (TPSA) is 49.3 Å². The first kappa shape index (κ1) is 13.9. The molecule has 0 spiro atoms. The molecule has 0 aliphatic rings. The zero-order chi connectivity index (χ0) is 14.0. The molecular weight excluding hydrogens is 330 g/mol. The van der Waals surface area contributed by atoms with Crippen molar-refractivity contribution in [1.29, 1.82) is 0 Å². The standard InChI is InChI=1S/C14H11BrClNO2/c1-8-4-12(18)2-3-13(8)17-14(19)9-5-10(15)7-11(16)6-9/h2-7,18H,1H3,(H,17,19). The summed E-state index contributed by atoms with van der Waals surface area (Å²) in [7, 11) is 0. The van der Waals surface area contributed by atoms with Crippen molar-refractivity contribution >= 4 is 39.1 Å². The number of benzene rings is 2. The van der Waals surface area contributed by atoms with Gasteiger partial charge in [0.25, 0.3) is 5.91 Å². The van der Waals surface area contributed by atoms with Gasteiger partial charge in [-0.25, -0.2) is 0 Å². The Morgan fingerprint density at radius 2 is 2.00 bits per heavy atom. The Morgan fingerprint density at radius 1 is 1.26 bits per heavy atom. The lowest BCUT2D eigenvalue weighted by Gasteiger charge is -2.09. The number of amides is 1. The van der Waals surface area contributed by atoms with Gasteiger partial charge in [0.15, 0.2) is 0 Å². The Kier molecular flexibility index (Phi) is 4.12. The summed E-state index contributed by atoms with van der Waals surface area (Å²) in [4.78, 5) is 12.1. The van der Waals surface area contributed by atoms with Crippen molar-refractivity contribution in [2.24, 2.45) is 0 Å². The Labute approximate surface area is 124 Å². The first-order valence-corrected chi connectivity index (χ1v) is 6.70. The third kappa shape index (κ3) is 3.49. The quantitative estimate of drug-likeness (QED) is 0.798. The van der Waals surface area contributed by atoms with E-state index in [2.05, 4.69) is 21.2 Å². The summed E-state index contributed by atoms with van der Waals surface area (Å²) in [6.45, 7) is 1.81. The second kappa shape index (κ2) is 5.63. The van der Waals surface area contributed by atoms with Crippen LogP contribution in [0.5, 0.6) is 5.75 Å². The van der Waals surface area contributed by atoms with Crippen molar-refractivity contribution in [3.8, 4) is 5.75 Å². The van der Waals surface area contributed by atoms with E-state index in [4.69, 9.17) is 11.6 Å². The molecule has 0 aromatic heterocycles. The summed E-state index contributed by atoms with van der Waals surface area (Å²) >= 11 is 9.20. The van der Waals surface area contributed by atoms with Gasteiger partial charge >= 0.3 is 0 Å². The molecule has 0 heterocycles. The normalized spacial score (nSPS) is 10.3. The average molecular weight is 341 g/mol. The van der Waals surface area contributed by atoms with Gasteiger partial charge in [-0.15, -0.1) is 0 Å². The number of phenolic OH excluding ortho intramolecular Hbond substituents is 1. The van der Waals surface area contributed by atoms with Crippen LogP contribution >= 0.6 is 27.5 Å². The highest BCUT2D eigenvalue weighted by Gasteiger charge is 2.09. The number of carbonyl (C=O) groups is 1. The Bertz CT molecular complexity index is 623. The molecule has 1 amide bonds. The number of hydrogen-bond donors (Lipinski definition) is 2. The van der Waals surface area contributed by atoms with Gasteiger partial charge in [0.05, 0.1) is 0 Å². The van der Waals surface area contributed by atoms with Crippen LogP contribution in [0.4, 0.5) is 5.69 Å². The maximum atomic E-state index is 12.1. The average Bonchev–Trinajstić information content (AvgIpc) is 2.31. The molecule has 0 fully saturated rings. The van der Waals surface area contributed by atoms with E-state index < -0.39 is 0 Å². The molecular formula is C14H11BrClNO2. The highest BCUT2D eigenvalue weighted by atomic mass is 79.9. The fourth-order valence-electron chi connectivity index (χ4n) is 1.67. The predicted molar refractivity (Wildman–Crippen MR) is 79.9 cm³/mol. The van der Waals surface area contributed by atoms with E-state index in [9.17, 15) is 9.90 Å². The lowest BCUT2D eigenvalue weighted by Crippen LogP contribution is -2.12. The maximum absolute atomic E-state index is 12.1. The number of rotatable bonds is 2. The maximum Gasteiger partial charge on any atom is 0.255 e. The molecule has 0 aliphatic heterocycles. The van der Waals surface area contributed by atoms with Crippen LogP contribution in [-0.2, 0) is 0 Å². The molecule has 0 saturated carbocycles. The van der Waals surface area contributed by atoms with E-state index in [-0.39, 0.29) is 11.7 Å². The van der Waals surface area contributed by atoms with Gasteiger partial charge in [0.1, 0.15) is 5.75 Å². The first-order chi connectivity index (χ1) is 8.95. The highest BCUT2D eigenvalue weighted by Crippen LogP contribution is 2.23. The van der Waals surface area contributed by atoms with E-state index in [1.54, 1.807) is 30.3 Å². The molecule has 2 N–H and O–H groups in total. The van der Waals surface area contributed by atoms with E-state index in [1.807, 2.05) is 6.92 Å². The van der Waals surface area contributed by atoms with E-state index in [0.29, 0.717) is 16.3 Å². The van der Waals surface area contributed by atoms with Crippen LogP contribution in [0.1, 0.15) is 15.9 Å². The van der Waals surface area contributed by atoms with Gasteiger partial charge in [-0.1, -0.05) is 27.5 Å². The number of hydrogen-bond acceptors (Lipinski definition) is 2. The second-order valence-electron chi connectivity index (χ2n) is 4.11. The molecule has 0 radical (unpaired) electrons. The van der Waals surface area contributed by atoms with Crippen molar-refractivity contribution in [3.05, 3.63) is 57.0 Å². The van der Waals surface area contributed by atoms with E-state index in [1.165, 1.54) is 6.07 Å². The fraction of sp³-hybridized carbons (Fsp3) is 0.0714. The van der Waals surface area contributed by atoms with Crippen molar-refractivity contribution in [3.63, 3.8) is 0 Å². The van der Waals surface area contributed by atoms with Gasteiger partial charge in [-0.05, 0) is 48.9 Å². The number of aryl methyl sites for hydroxylation is 1. The zero-order valence-electron chi connectivity index (χ0n) is 10.1. The molecule has 5 heteroatoms. The minimum absolute atomic E-state index is 0.168. The minimum atomic E-state index is -0.253. The lowest BCUT2D eigenvalue weighted by molar-refractivity contribution is 0.102. The van der Waals surface area contributed by atoms with Gasteiger partial charge < -0.3 is 10.4 Å². The Balaban J connectivity index is 2.25. The molecule has 2 aromatic carbocycles.